The van der Waals surface area contributed by atoms with Gasteiger partial charge in [-0.15, -0.1) is 0 Å². The first-order valence-electron chi connectivity index (χ1n) is 6.39. The summed E-state index contributed by atoms with van der Waals surface area (Å²) in [6.45, 7) is 5.53. The molecule has 0 aliphatic heterocycles. The zero-order chi connectivity index (χ0) is 14.6. The van der Waals surface area contributed by atoms with E-state index >= 15 is 0 Å². The van der Waals surface area contributed by atoms with Crippen LogP contribution < -0.4 is 4.90 Å². The molecule has 0 fully saturated rings. The van der Waals surface area contributed by atoms with Gasteiger partial charge in [0, 0.05) is 12.5 Å². The quantitative estimate of drug-likeness (QED) is 0.728. The zero-order valence-corrected chi connectivity index (χ0v) is 12.1. The number of amides is 1. The van der Waals surface area contributed by atoms with E-state index in [2.05, 4.69) is 0 Å². The molecule has 19 heavy (non-hydrogen) atoms. The third-order valence-electron chi connectivity index (χ3n) is 2.99. The van der Waals surface area contributed by atoms with Crippen LogP contribution in [-0.2, 0) is 4.79 Å². The van der Waals surface area contributed by atoms with Crippen molar-refractivity contribution in [1.82, 2.24) is 0 Å². The van der Waals surface area contributed by atoms with E-state index in [4.69, 9.17) is 11.6 Å². The minimum Gasteiger partial charge on any atom is -0.307 e. The molecule has 1 aromatic carbocycles. The number of rotatable bonds is 5. The van der Waals surface area contributed by atoms with E-state index in [-0.39, 0.29) is 24.1 Å². The first-order chi connectivity index (χ1) is 8.93. The maximum atomic E-state index is 14.0. The van der Waals surface area contributed by atoms with Crippen molar-refractivity contribution in [2.24, 2.45) is 0 Å². The summed E-state index contributed by atoms with van der Waals surface area (Å²) in [5.41, 5.74) is 0.0409. The molecule has 5 heteroatoms. The SMILES string of the molecule is CCCC(C)N(C(=O)CC)c1ccc(F)c(Cl)c1F. The summed E-state index contributed by atoms with van der Waals surface area (Å²) >= 11 is 5.57. The van der Waals surface area contributed by atoms with E-state index in [0.717, 1.165) is 18.9 Å². The van der Waals surface area contributed by atoms with Crippen molar-refractivity contribution < 1.29 is 13.6 Å². The van der Waals surface area contributed by atoms with E-state index in [1.807, 2.05) is 13.8 Å². The van der Waals surface area contributed by atoms with Gasteiger partial charge in [-0.25, -0.2) is 8.78 Å². The van der Waals surface area contributed by atoms with Gasteiger partial charge in [-0.3, -0.25) is 4.79 Å². The molecule has 1 rings (SSSR count). The summed E-state index contributed by atoms with van der Waals surface area (Å²) in [6, 6.07) is 2.18. The van der Waals surface area contributed by atoms with Crippen LogP contribution in [0, 0.1) is 11.6 Å². The Morgan fingerprint density at radius 2 is 2.00 bits per heavy atom. The van der Waals surface area contributed by atoms with E-state index in [9.17, 15) is 13.6 Å². The van der Waals surface area contributed by atoms with Crippen LogP contribution >= 0.6 is 11.6 Å². The molecule has 0 radical (unpaired) electrons. The van der Waals surface area contributed by atoms with Crippen molar-refractivity contribution in [3.05, 3.63) is 28.8 Å². The molecular formula is C14H18ClF2NO. The lowest BCUT2D eigenvalue weighted by atomic mass is 10.1. The summed E-state index contributed by atoms with van der Waals surface area (Å²) in [5, 5.41) is -0.574. The van der Waals surface area contributed by atoms with Gasteiger partial charge >= 0.3 is 0 Å². The molecule has 0 aliphatic carbocycles. The van der Waals surface area contributed by atoms with Crippen LogP contribution in [0.15, 0.2) is 12.1 Å². The molecule has 0 aliphatic rings. The van der Waals surface area contributed by atoms with Crippen molar-refractivity contribution in [1.29, 1.82) is 0 Å². The molecule has 1 unspecified atom stereocenters. The molecule has 1 aromatic rings. The third kappa shape index (κ3) is 3.44. The molecule has 0 spiro atoms. The maximum absolute atomic E-state index is 14.0. The van der Waals surface area contributed by atoms with Crippen molar-refractivity contribution >= 4 is 23.2 Å². The number of hydrogen-bond acceptors (Lipinski definition) is 1. The lowest BCUT2D eigenvalue weighted by Crippen LogP contribution is -2.39. The lowest BCUT2D eigenvalue weighted by Gasteiger charge is -2.29. The summed E-state index contributed by atoms with van der Waals surface area (Å²) < 4.78 is 27.2. The Labute approximate surface area is 117 Å². The number of anilines is 1. The molecule has 0 N–H and O–H groups in total. The predicted molar refractivity (Wildman–Crippen MR) is 73.5 cm³/mol. The fraction of sp³-hybridized carbons (Fsp3) is 0.500. The van der Waals surface area contributed by atoms with Gasteiger partial charge in [0.1, 0.15) is 10.8 Å². The van der Waals surface area contributed by atoms with E-state index in [1.165, 1.54) is 11.0 Å². The topological polar surface area (TPSA) is 20.3 Å². The smallest absolute Gasteiger partial charge is 0.227 e. The summed E-state index contributed by atoms with van der Waals surface area (Å²) in [5.74, 6) is -1.91. The van der Waals surface area contributed by atoms with Gasteiger partial charge in [0.15, 0.2) is 5.82 Å². The zero-order valence-electron chi connectivity index (χ0n) is 11.3. The van der Waals surface area contributed by atoms with Crippen LogP contribution in [0.5, 0.6) is 0 Å². The summed E-state index contributed by atoms with van der Waals surface area (Å²) in [4.78, 5) is 13.4. The average Bonchev–Trinajstić information content (AvgIpc) is 2.39. The van der Waals surface area contributed by atoms with Crippen LogP contribution in [0.3, 0.4) is 0 Å². The van der Waals surface area contributed by atoms with Crippen molar-refractivity contribution in [2.75, 3.05) is 4.90 Å². The highest BCUT2D eigenvalue weighted by Gasteiger charge is 2.25. The van der Waals surface area contributed by atoms with Gasteiger partial charge in [-0.2, -0.15) is 0 Å². The molecule has 2 nitrogen and oxygen atoms in total. The number of carbonyl (C=O) groups is 1. The minimum absolute atomic E-state index is 0.0409. The van der Waals surface area contributed by atoms with Gasteiger partial charge < -0.3 is 4.90 Å². The Balaban J connectivity index is 3.25. The van der Waals surface area contributed by atoms with Gasteiger partial charge in [-0.05, 0) is 25.5 Å². The van der Waals surface area contributed by atoms with Gasteiger partial charge in [0.25, 0.3) is 0 Å². The van der Waals surface area contributed by atoms with Crippen LogP contribution in [-0.4, -0.2) is 11.9 Å². The number of carbonyl (C=O) groups excluding carboxylic acids is 1. The highest BCUT2D eigenvalue weighted by atomic mass is 35.5. The van der Waals surface area contributed by atoms with Crippen molar-refractivity contribution in [3.8, 4) is 0 Å². The number of benzene rings is 1. The van der Waals surface area contributed by atoms with E-state index in [1.54, 1.807) is 6.92 Å². The normalized spacial score (nSPS) is 12.3. The lowest BCUT2D eigenvalue weighted by molar-refractivity contribution is -0.118. The fourth-order valence-corrected chi connectivity index (χ4v) is 2.20. The minimum atomic E-state index is -0.883. The Morgan fingerprint density at radius 1 is 1.37 bits per heavy atom. The van der Waals surface area contributed by atoms with Crippen LogP contribution in [0.25, 0.3) is 0 Å². The van der Waals surface area contributed by atoms with Crippen LogP contribution in [0.2, 0.25) is 5.02 Å². The predicted octanol–water partition coefficient (Wildman–Crippen LogP) is 4.55. The second-order valence-corrected chi connectivity index (χ2v) is 4.83. The standard InChI is InChI=1S/C14H18ClF2NO/c1-4-6-9(3)18(12(19)5-2)11-8-7-10(16)13(15)14(11)17/h7-9H,4-6H2,1-3H3. The fourth-order valence-electron chi connectivity index (χ4n) is 2.04. The monoisotopic (exact) mass is 289 g/mol. The van der Waals surface area contributed by atoms with Crippen LogP contribution in [0.1, 0.15) is 40.0 Å². The number of halogens is 3. The first-order valence-corrected chi connectivity index (χ1v) is 6.77. The van der Waals surface area contributed by atoms with Crippen LogP contribution in [0.4, 0.5) is 14.5 Å². The molecular weight excluding hydrogens is 272 g/mol. The summed E-state index contributed by atoms with van der Waals surface area (Å²) in [6.07, 6.45) is 1.86. The molecule has 0 bridgehead atoms. The van der Waals surface area contributed by atoms with Crippen molar-refractivity contribution in [3.63, 3.8) is 0 Å². The number of hydrogen-bond donors (Lipinski definition) is 0. The van der Waals surface area contributed by atoms with Gasteiger partial charge in [-0.1, -0.05) is 31.9 Å². The molecule has 0 aromatic heterocycles. The first kappa shape index (κ1) is 15.9. The number of nitrogens with zero attached hydrogens (tertiary/aromatic N) is 1. The van der Waals surface area contributed by atoms with E-state index in [0.29, 0.717) is 0 Å². The second kappa shape index (κ2) is 6.85. The summed E-state index contributed by atoms with van der Waals surface area (Å²) in [7, 11) is 0. The molecule has 1 amide bonds. The Kier molecular flexibility index (Phi) is 5.73. The van der Waals surface area contributed by atoms with Gasteiger partial charge in [0.05, 0.1) is 5.69 Å². The highest BCUT2D eigenvalue weighted by molar-refractivity contribution is 6.31. The molecule has 106 valence electrons. The molecule has 0 saturated heterocycles. The second-order valence-electron chi connectivity index (χ2n) is 4.45. The molecule has 1 atom stereocenters. The Bertz CT molecular complexity index is 465. The van der Waals surface area contributed by atoms with Gasteiger partial charge in [0.2, 0.25) is 5.91 Å². The Hall–Kier alpha value is -1.16. The molecule has 0 saturated carbocycles. The average molecular weight is 290 g/mol. The molecule has 0 heterocycles. The largest absolute Gasteiger partial charge is 0.307 e. The maximum Gasteiger partial charge on any atom is 0.227 e. The highest BCUT2D eigenvalue weighted by Crippen LogP contribution is 2.30. The Morgan fingerprint density at radius 3 is 2.53 bits per heavy atom. The van der Waals surface area contributed by atoms with E-state index < -0.39 is 16.7 Å². The van der Waals surface area contributed by atoms with Crippen molar-refractivity contribution in [2.45, 2.75) is 46.1 Å². The third-order valence-corrected chi connectivity index (χ3v) is 3.34.